The SMILES string of the molecule is C=C(N(C)C)C1(N(CCCC2CCCCO2)S(=C)(=O)c2ccc3c(O)cnc(N=C(N)N)c3c2)CCCC1. The Hall–Kier alpha value is -2.82. The molecule has 2 atom stereocenters. The Labute approximate surface area is 226 Å². The lowest BCUT2D eigenvalue weighted by Gasteiger charge is -2.46. The lowest BCUT2D eigenvalue weighted by Crippen LogP contribution is -2.54. The number of benzene rings is 1. The number of likely N-dealkylation sites (N-methyl/N-ethyl adjacent to an activating group) is 1. The maximum atomic E-state index is 14.9. The number of pyridine rings is 1. The minimum absolute atomic E-state index is 0.00533. The molecule has 0 radical (unpaired) electrons. The van der Waals surface area contributed by atoms with Gasteiger partial charge < -0.3 is 26.2 Å². The van der Waals surface area contributed by atoms with E-state index in [-0.39, 0.29) is 23.6 Å². The number of aromatic nitrogens is 1. The number of hydrogen-bond donors (Lipinski definition) is 3. The van der Waals surface area contributed by atoms with Crippen molar-refractivity contribution >= 4 is 38.1 Å². The molecular formula is C28H42N6O3S. The van der Waals surface area contributed by atoms with E-state index in [1.807, 2.05) is 19.0 Å². The van der Waals surface area contributed by atoms with Gasteiger partial charge in [0, 0.05) is 48.6 Å². The minimum Gasteiger partial charge on any atom is -0.506 e. The molecule has 0 amide bonds. The molecule has 1 saturated heterocycles. The standard InChI is InChI=1S/C28H42N6O3S/c1-20(33(2)3)28(14-6-7-15-28)34(16-9-11-21-10-5-8-17-37-21)38(4,36)22-12-13-23-24(18-22)26(32-27(29)30)31-19-25(23)35/h12-13,18-19,21,35H,1,4-11,14-17H2,2-3H3,(H4,29,30,31,32). The van der Waals surface area contributed by atoms with Crippen molar-refractivity contribution in [1.29, 1.82) is 0 Å². The molecule has 1 aromatic carbocycles. The second-order valence-electron chi connectivity index (χ2n) is 10.7. The Kier molecular flexibility index (Phi) is 8.54. The fourth-order valence-electron chi connectivity index (χ4n) is 5.93. The van der Waals surface area contributed by atoms with Crippen LogP contribution in [0, 0.1) is 0 Å². The maximum Gasteiger partial charge on any atom is 0.192 e. The largest absolute Gasteiger partial charge is 0.506 e. The Morgan fingerprint density at radius 3 is 2.61 bits per heavy atom. The highest BCUT2D eigenvalue weighted by Crippen LogP contribution is 2.45. The number of ether oxygens (including phenoxy) is 1. The number of rotatable bonds is 10. The van der Waals surface area contributed by atoms with Crippen molar-refractivity contribution in [2.75, 3.05) is 27.2 Å². The molecule has 1 aromatic heterocycles. The monoisotopic (exact) mass is 542 g/mol. The molecule has 0 spiro atoms. The van der Waals surface area contributed by atoms with E-state index in [1.54, 1.807) is 18.2 Å². The van der Waals surface area contributed by atoms with Crippen molar-refractivity contribution in [3.05, 3.63) is 36.7 Å². The fraction of sp³-hybridized carbons (Fsp3) is 0.536. The normalized spacial score (nSPS) is 20.8. The maximum absolute atomic E-state index is 14.9. The molecule has 2 aliphatic rings. The molecule has 5 N–H and O–H groups in total. The highest BCUT2D eigenvalue weighted by molar-refractivity contribution is 7.98. The van der Waals surface area contributed by atoms with Gasteiger partial charge in [0.25, 0.3) is 0 Å². The van der Waals surface area contributed by atoms with E-state index in [0.717, 1.165) is 63.7 Å². The molecule has 2 aromatic rings. The zero-order valence-corrected chi connectivity index (χ0v) is 23.5. The van der Waals surface area contributed by atoms with Crippen LogP contribution in [0.4, 0.5) is 5.82 Å². The van der Waals surface area contributed by atoms with Gasteiger partial charge in [-0.25, -0.2) is 13.5 Å². The quantitative estimate of drug-likeness (QED) is 0.236. The van der Waals surface area contributed by atoms with Crippen LogP contribution in [-0.4, -0.2) is 74.2 Å². The van der Waals surface area contributed by atoms with Gasteiger partial charge in [0.15, 0.2) is 11.8 Å². The number of aromatic hydroxyl groups is 1. The van der Waals surface area contributed by atoms with E-state index in [0.29, 0.717) is 22.2 Å². The zero-order valence-electron chi connectivity index (χ0n) is 22.7. The average molecular weight is 543 g/mol. The van der Waals surface area contributed by atoms with Crippen LogP contribution in [0.1, 0.15) is 57.8 Å². The van der Waals surface area contributed by atoms with Crippen molar-refractivity contribution < 1.29 is 14.1 Å². The molecule has 9 nitrogen and oxygen atoms in total. The molecule has 10 heteroatoms. The molecule has 1 aliphatic heterocycles. The molecule has 1 saturated carbocycles. The zero-order chi connectivity index (χ0) is 27.5. The van der Waals surface area contributed by atoms with Crippen molar-refractivity contribution in [1.82, 2.24) is 14.2 Å². The number of fused-ring (bicyclic) bond motifs is 1. The van der Waals surface area contributed by atoms with Gasteiger partial charge in [-0.3, -0.25) is 0 Å². The Morgan fingerprint density at radius 2 is 1.97 bits per heavy atom. The van der Waals surface area contributed by atoms with Gasteiger partial charge in [-0.1, -0.05) is 19.4 Å². The number of guanidine groups is 1. The van der Waals surface area contributed by atoms with E-state index in [4.69, 9.17) is 16.2 Å². The fourth-order valence-corrected chi connectivity index (χ4v) is 8.04. The highest BCUT2D eigenvalue weighted by atomic mass is 32.2. The van der Waals surface area contributed by atoms with Crippen molar-refractivity contribution in [2.45, 2.75) is 74.3 Å². The predicted molar refractivity (Wildman–Crippen MR) is 156 cm³/mol. The number of hydrogen-bond acceptors (Lipinski definition) is 6. The van der Waals surface area contributed by atoms with Crippen molar-refractivity contribution in [3.8, 4) is 5.75 Å². The lowest BCUT2D eigenvalue weighted by atomic mass is 9.92. The van der Waals surface area contributed by atoms with Gasteiger partial charge in [0.05, 0.1) is 27.5 Å². The van der Waals surface area contributed by atoms with Gasteiger partial charge in [-0.2, -0.15) is 4.99 Å². The Bertz CT molecular complexity index is 1290. The summed E-state index contributed by atoms with van der Waals surface area (Å²) < 4.78 is 23.0. The van der Waals surface area contributed by atoms with Crippen molar-refractivity contribution in [2.24, 2.45) is 16.5 Å². The second kappa shape index (κ2) is 11.5. The number of nitrogens with zero attached hydrogens (tertiary/aromatic N) is 4. The summed E-state index contributed by atoms with van der Waals surface area (Å²) in [5.41, 5.74) is 11.7. The number of aliphatic imine (C=N–C) groups is 1. The lowest BCUT2D eigenvalue weighted by molar-refractivity contribution is 0.00869. The smallest absolute Gasteiger partial charge is 0.192 e. The van der Waals surface area contributed by atoms with Crippen molar-refractivity contribution in [3.63, 3.8) is 0 Å². The summed E-state index contributed by atoms with van der Waals surface area (Å²) in [6.07, 6.45) is 10.5. The molecule has 0 bridgehead atoms. The third-order valence-corrected chi connectivity index (χ3v) is 10.2. The van der Waals surface area contributed by atoms with Crippen LogP contribution in [0.3, 0.4) is 0 Å². The van der Waals surface area contributed by atoms with Crippen LogP contribution in [0.25, 0.3) is 10.8 Å². The molecule has 2 heterocycles. The van der Waals surface area contributed by atoms with Crippen LogP contribution >= 0.6 is 0 Å². The predicted octanol–water partition coefficient (Wildman–Crippen LogP) is 3.88. The molecule has 1 aliphatic carbocycles. The van der Waals surface area contributed by atoms with Crippen LogP contribution in [-0.2, 0) is 14.4 Å². The third kappa shape index (κ3) is 5.62. The van der Waals surface area contributed by atoms with E-state index in [1.165, 1.54) is 12.6 Å². The van der Waals surface area contributed by atoms with Gasteiger partial charge in [0.2, 0.25) is 0 Å². The first-order valence-electron chi connectivity index (χ1n) is 13.4. The topological polar surface area (TPSA) is 130 Å². The molecule has 208 valence electrons. The van der Waals surface area contributed by atoms with E-state index < -0.39 is 15.2 Å². The molecule has 4 rings (SSSR count). The highest BCUT2D eigenvalue weighted by Gasteiger charge is 2.46. The Morgan fingerprint density at radius 1 is 1.24 bits per heavy atom. The molecule has 2 unspecified atom stereocenters. The third-order valence-electron chi connectivity index (χ3n) is 7.92. The number of nitrogens with two attached hydrogens (primary N) is 2. The summed E-state index contributed by atoms with van der Waals surface area (Å²) >= 11 is 0. The van der Waals surface area contributed by atoms with Crippen LogP contribution in [0.15, 0.2) is 46.6 Å². The van der Waals surface area contributed by atoms with E-state index in [9.17, 15) is 9.32 Å². The van der Waals surface area contributed by atoms with Crippen LogP contribution in [0.2, 0.25) is 0 Å². The second-order valence-corrected chi connectivity index (χ2v) is 12.9. The average Bonchev–Trinajstić information content (AvgIpc) is 3.38. The van der Waals surface area contributed by atoms with Gasteiger partial charge in [-0.15, -0.1) is 0 Å². The van der Waals surface area contributed by atoms with Gasteiger partial charge in [-0.05, 0) is 69.0 Å². The van der Waals surface area contributed by atoms with Gasteiger partial charge in [0.1, 0.15) is 5.75 Å². The first-order chi connectivity index (χ1) is 18.1. The van der Waals surface area contributed by atoms with Crippen LogP contribution in [0.5, 0.6) is 5.75 Å². The first kappa shape index (κ1) is 28.2. The summed E-state index contributed by atoms with van der Waals surface area (Å²) in [6.45, 7) is 5.88. The minimum atomic E-state index is -2.99. The summed E-state index contributed by atoms with van der Waals surface area (Å²) in [7, 11) is 0.997. The summed E-state index contributed by atoms with van der Waals surface area (Å²) in [6, 6.07) is 5.25. The van der Waals surface area contributed by atoms with E-state index in [2.05, 4.69) is 26.7 Å². The Balaban J connectivity index is 1.78. The molecule has 38 heavy (non-hydrogen) atoms. The summed E-state index contributed by atoms with van der Waals surface area (Å²) in [5, 5.41) is 11.5. The van der Waals surface area contributed by atoms with Crippen LogP contribution < -0.4 is 11.5 Å². The van der Waals surface area contributed by atoms with E-state index >= 15 is 0 Å². The summed E-state index contributed by atoms with van der Waals surface area (Å²) in [4.78, 5) is 10.9. The summed E-state index contributed by atoms with van der Waals surface area (Å²) in [5.74, 6) is 4.45. The molecular weight excluding hydrogens is 500 g/mol. The molecule has 2 fully saturated rings. The first-order valence-corrected chi connectivity index (χ1v) is 15.1. The van der Waals surface area contributed by atoms with Gasteiger partial charge >= 0.3 is 0 Å².